The molecule has 0 bridgehead atoms. The fraction of sp³-hybridized carbons (Fsp3) is 0.231. The van der Waals surface area contributed by atoms with Crippen LogP contribution >= 0.6 is 39.1 Å². The predicted molar refractivity (Wildman–Crippen MR) is 81.0 cm³/mol. The summed E-state index contributed by atoms with van der Waals surface area (Å²) in [4.78, 5) is 8.38. The Hall–Kier alpha value is -0.840. The van der Waals surface area contributed by atoms with E-state index in [2.05, 4.69) is 25.9 Å². The summed E-state index contributed by atoms with van der Waals surface area (Å²) >= 11 is 15.2. The van der Waals surface area contributed by atoms with Crippen molar-refractivity contribution in [3.05, 3.63) is 39.0 Å². The number of benzene rings is 1. The van der Waals surface area contributed by atoms with Crippen molar-refractivity contribution in [1.29, 1.82) is 0 Å². The lowest BCUT2D eigenvalue weighted by atomic mass is 10.2. The standard InChI is InChI=1S/C13H11BrCl2N2O/c1-7(2)19-9-5-3-4-8(6-9)13-17-11(15)10(14)12(16)18-13/h3-7H,1-2H3. The number of nitrogens with zero attached hydrogens (tertiary/aromatic N) is 2. The number of halogens is 3. The van der Waals surface area contributed by atoms with E-state index in [-0.39, 0.29) is 16.4 Å². The van der Waals surface area contributed by atoms with Gasteiger partial charge in [0.05, 0.1) is 10.6 Å². The van der Waals surface area contributed by atoms with Crippen molar-refractivity contribution in [2.75, 3.05) is 0 Å². The number of rotatable bonds is 3. The van der Waals surface area contributed by atoms with Gasteiger partial charge in [-0.05, 0) is 41.9 Å². The molecule has 1 aromatic carbocycles. The topological polar surface area (TPSA) is 35.0 Å². The molecule has 0 aliphatic heterocycles. The SMILES string of the molecule is CC(C)Oc1cccc(-c2nc(Cl)c(Br)c(Cl)n2)c1. The summed E-state index contributed by atoms with van der Waals surface area (Å²) < 4.78 is 6.12. The molecule has 0 aliphatic carbocycles. The average Bonchev–Trinajstić information content (AvgIpc) is 2.35. The van der Waals surface area contributed by atoms with Crippen molar-refractivity contribution in [3.8, 4) is 17.1 Å². The molecule has 0 amide bonds. The molecule has 1 aromatic heterocycles. The van der Waals surface area contributed by atoms with Gasteiger partial charge in [-0.25, -0.2) is 9.97 Å². The summed E-state index contributed by atoms with van der Waals surface area (Å²) in [6.45, 7) is 3.94. The first kappa shape index (κ1) is 14.6. The van der Waals surface area contributed by atoms with Gasteiger partial charge >= 0.3 is 0 Å². The summed E-state index contributed by atoms with van der Waals surface area (Å²) in [7, 11) is 0. The molecule has 0 spiro atoms. The van der Waals surface area contributed by atoms with Gasteiger partial charge in [-0.2, -0.15) is 0 Å². The van der Waals surface area contributed by atoms with Crippen LogP contribution in [0.5, 0.6) is 5.75 Å². The molecule has 2 aromatic rings. The number of aromatic nitrogens is 2. The highest BCUT2D eigenvalue weighted by atomic mass is 79.9. The van der Waals surface area contributed by atoms with E-state index in [0.29, 0.717) is 10.3 Å². The van der Waals surface area contributed by atoms with Gasteiger partial charge in [0, 0.05) is 5.56 Å². The van der Waals surface area contributed by atoms with Crippen LogP contribution in [0.1, 0.15) is 13.8 Å². The quantitative estimate of drug-likeness (QED) is 0.721. The number of hydrogen-bond acceptors (Lipinski definition) is 3. The van der Waals surface area contributed by atoms with Gasteiger partial charge in [0.2, 0.25) is 0 Å². The summed E-state index contributed by atoms with van der Waals surface area (Å²) in [5.41, 5.74) is 0.800. The Morgan fingerprint density at radius 3 is 2.37 bits per heavy atom. The largest absolute Gasteiger partial charge is 0.491 e. The van der Waals surface area contributed by atoms with Crippen molar-refractivity contribution in [2.24, 2.45) is 0 Å². The number of ether oxygens (including phenoxy) is 1. The molecule has 100 valence electrons. The Kier molecular flexibility index (Phi) is 4.66. The van der Waals surface area contributed by atoms with E-state index in [1.807, 2.05) is 38.1 Å². The average molecular weight is 362 g/mol. The summed E-state index contributed by atoms with van der Waals surface area (Å²) in [5, 5.41) is 0.565. The molecule has 0 N–H and O–H groups in total. The van der Waals surface area contributed by atoms with Gasteiger partial charge in [-0.1, -0.05) is 35.3 Å². The van der Waals surface area contributed by atoms with Crippen molar-refractivity contribution < 1.29 is 4.74 Å². The van der Waals surface area contributed by atoms with E-state index in [1.165, 1.54) is 0 Å². The van der Waals surface area contributed by atoms with Crippen LogP contribution in [-0.4, -0.2) is 16.1 Å². The zero-order valence-corrected chi connectivity index (χ0v) is 13.4. The van der Waals surface area contributed by atoms with Gasteiger partial charge in [-0.3, -0.25) is 0 Å². The highest BCUT2D eigenvalue weighted by molar-refractivity contribution is 9.10. The van der Waals surface area contributed by atoms with E-state index in [9.17, 15) is 0 Å². The van der Waals surface area contributed by atoms with Crippen LogP contribution in [0.2, 0.25) is 10.3 Å². The zero-order valence-electron chi connectivity index (χ0n) is 10.3. The van der Waals surface area contributed by atoms with Crippen LogP contribution < -0.4 is 4.74 Å². The van der Waals surface area contributed by atoms with Gasteiger partial charge in [0.25, 0.3) is 0 Å². The molecule has 0 unspecified atom stereocenters. The molecule has 6 heteroatoms. The fourth-order valence-electron chi connectivity index (χ4n) is 1.50. The van der Waals surface area contributed by atoms with Crippen molar-refractivity contribution in [2.45, 2.75) is 20.0 Å². The van der Waals surface area contributed by atoms with Crippen LogP contribution in [0, 0.1) is 0 Å². The molecule has 0 saturated carbocycles. The van der Waals surface area contributed by atoms with Crippen LogP contribution in [-0.2, 0) is 0 Å². The molecule has 1 heterocycles. The minimum Gasteiger partial charge on any atom is -0.491 e. The monoisotopic (exact) mass is 360 g/mol. The third-order valence-electron chi connectivity index (χ3n) is 2.23. The molecule has 19 heavy (non-hydrogen) atoms. The zero-order chi connectivity index (χ0) is 14.0. The molecule has 0 saturated heterocycles. The Morgan fingerprint density at radius 1 is 1.16 bits per heavy atom. The van der Waals surface area contributed by atoms with Crippen molar-refractivity contribution in [1.82, 2.24) is 9.97 Å². The third-order valence-corrected chi connectivity index (χ3v) is 3.99. The maximum atomic E-state index is 5.98. The van der Waals surface area contributed by atoms with E-state index in [0.717, 1.165) is 11.3 Å². The van der Waals surface area contributed by atoms with Gasteiger partial charge in [0.1, 0.15) is 16.1 Å². The lowest BCUT2D eigenvalue weighted by Crippen LogP contribution is -2.05. The van der Waals surface area contributed by atoms with Gasteiger partial charge < -0.3 is 4.74 Å². The normalized spacial score (nSPS) is 10.8. The van der Waals surface area contributed by atoms with Crippen molar-refractivity contribution >= 4 is 39.1 Å². The second kappa shape index (κ2) is 6.07. The summed E-state index contributed by atoms with van der Waals surface area (Å²) in [6.07, 6.45) is 0.105. The molecule has 0 fully saturated rings. The first-order chi connectivity index (χ1) is 8.97. The lowest BCUT2D eigenvalue weighted by Gasteiger charge is -2.10. The van der Waals surface area contributed by atoms with E-state index in [4.69, 9.17) is 27.9 Å². The maximum Gasteiger partial charge on any atom is 0.162 e. The lowest BCUT2D eigenvalue weighted by molar-refractivity contribution is 0.242. The first-order valence-corrected chi connectivity index (χ1v) is 7.18. The second-order valence-electron chi connectivity index (χ2n) is 4.14. The summed E-state index contributed by atoms with van der Waals surface area (Å²) in [6, 6.07) is 7.49. The maximum absolute atomic E-state index is 5.98. The minimum atomic E-state index is 0.105. The minimum absolute atomic E-state index is 0.105. The van der Waals surface area contributed by atoms with Crippen LogP contribution in [0.25, 0.3) is 11.4 Å². The first-order valence-electron chi connectivity index (χ1n) is 5.63. The third kappa shape index (κ3) is 3.59. The molecular weight excluding hydrogens is 351 g/mol. The molecular formula is C13H11BrCl2N2O. The van der Waals surface area contributed by atoms with Crippen molar-refractivity contribution in [3.63, 3.8) is 0 Å². The van der Waals surface area contributed by atoms with E-state index in [1.54, 1.807) is 0 Å². The molecule has 3 nitrogen and oxygen atoms in total. The molecule has 0 radical (unpaired) electrons. The molecule has 0 aliphatic rings. The van der Waals surface area contributed by atoms with Gasteiger partial charge in [0.15, 0.2) is 5.82 Å². The predicted octanol–water partition coefficient (Wildman–Crippen LogP) is 5.00. The molecule has 0 atom stereocenters. The smallest absolute Gasteiger partial charge is 0.162 e. The van der Waals surface area contributed by atoms with E-state index >= 15 is 0 Å². The van der Waals surface area contributed by atoms with Crippen LogP contribution in [0.4, 0.5) is 0 Å². The van der Waals surface area contributed by atoms with Crippen LogP contribution in [0.15, 0.2) is 28.7 Å². The highest BCUT2D eigenvalue weighted by Crippen LogP contribution is 2.30. The van der Waals surface area contributed by atoms with Crippen LogP contribution in [0.3, 0.4) is 0 Å². The Morgan fingerprint density at radius 2 is 1.79 bits per heavy atom. The second-order valence-corrected chi connectivity index (χ2v) is 5.65. The fourth-order valence-corrected chi connectivity index (χ4v) is 2.07. The number of hydrogen-bond donors (Lipinski definition) is 0. The van der Waals surface area contributed by atoms with Gasteiger partial charge in [-0.15, -0.1) is 0 Å². The Bertz CT molecular complexity index is 582. The van der Waals surface area contributed by atoms with E-state index < -0.39 is 0 Å². The summed E-state index contributed by atoms with van der Waals surface area (Å²) in [5.74, 6) is 1.22. The molecule has 2 rings (SSSR count). The Labute approximate surface area is 130 Å². The highest BCUT2D eigenvalue weighted by Gasteiger charge is 2.11. The Balaban J connectivity index is 2.41.